The van der Waals surface area contributed by atoms with Gasteiger partial charge in [0.15, 0.2) is 0 Å². The van der Waals surface area contributed by atoms with Crippen molar-refractivity contribution in [3.63, 3.8) is 0 Å². The first kappa shape index (κ1) is 12.0. The zero-order chi connectivity index (χ0) is 14.1. The molecule has 0 aromatic heterocycles. The molecule has 0 aromatic carbocycles. The van der Waals surface area contributed by atoms with Gasteiger partial charge in [-0.3, -0.25) is 4.90 Å². The van der Waals surface area contributed by atoms with Crippen molar-refractivity contribution in [1.29, 1.82) is 0 Å². The predicted molar refractivity (Wildman–Crippen MR) is 62.3 cm³/mol. The van der Waals surface area contributed by atoms with Crippen molar-refractivity contribution < 1.29 is 20.4 Å². The fourth-order valence-corrected chi connectivity index (χ4v) is 1.46. The van der Waals surface area contributed by atoms with Crippen LogP contribution in [0.25, 0.3) is 0 Å². The lowest BCUT2D eigenvalue weighted by molar-refractivity contribution is -0.145. The molecule has 0 unspecified atom stereocenters. The zero-order valence-electron chi connectivity index (χ0n) is 11.8. The van der Waals surface area contributed by atoms with Crippen molar-refractivity contribution in [3.8, 4) is 0 Å². The first-order valence-electron chi connectivity index (χ1n) is 5.95. The van der Waals surface area contributed by atoms with Crippen molar-refractivity contribution in [2.45, 2.75) is 45.7 Å². The fourth-order valence-electron chi connectivity index (χ4n) is 1.46. The highest BCUT2D eigenvalue weighted by Crippen LogP contribution is 2.24. The van der Waals surface area contributed by atoms with Crippen LogP contribution in [-0.2, 0) is 14.3 Å². The molecule has 1 aliphatic rings. The summed E-state index contributed by atoms with van der Waals surface area (Å²) < 4.78 is 17.7. The van der Waals surface area contributed by atoms with Crippen LogP contribution in [0.15, 0.2) is 11.8 Å². The summed E-state index contributed by atoms with van der Waals surface area (Å²) in [4.78, 5) is 24.7. The van der Waals surface area contributed by atoms with Gasteiger partial charge in [-0.2, -0.15) is 0 Å². The molecule has 5 heteroatoms. The third kappa shape index (κ3) is 3.47. The van der Waals surface area contributed by atoms with Crippen LogP contribution in [-0.4, -0.2) is 35.7 Å². The van der Waals surface area contributed by atoms with Gasteiger partial charge in [-0.1, -0.05) is 5.57 Å². The number of carbonyl (C=O) groups is 2. The van der Waals surface area contributed by atoms with Crippen LogP contribution in [0.1, 0.15) is 35.5 Å². The number of esters is 1. The van der Waals surface area contributed by atoms with Crippen molar-refractivity contribution >= 4 is 12.1 Å². The monoisotopic (exact) mass is 242 g/mol. The van der Waals surface area contributed by atoms with E-state index in [4.69, 9.17) is 6.11 Å². The number of carbonyl (C=O) groups excluding carboxylic acids is 2. The van der Waals surface area contributed by atoms with Crippen LogP contribution in [0, 0.1) is 0 Å². The SMILES string of the molecule is [2H][C@H]1C(C)=CN(C(=O)OC(C)(C)C)[C@@H]1C(=O)OC. The van der Waals surface area contributed by atoms with Gasteiger partial charge in [-0.05, 0) is 27.7 Å². The molecular formula is C12H19NO4. The maximum absolute atomic E-state index is 12.0. The Morgan fingerprint density at radius 2 is 2.12 bits per heavy atom. The first-order chi connectivity index (χ1) is 8.17. The number of hydrogen-bond acceptors (Lipinski definition) is 4. The van der Waals surface area contributed by atoms with Crippen LogP contribution in [0.3, 0.4) is 0 Å². The maximum atomic E-state index is 12.0. The Bertz CT molecular complexity index is 386. The molecule has 1 rings (SSSR count). The van der Waals surface area contributed by atoms with Crippen LogP contribution in [0.4, 0.5) is 4.79 Å². The summed E-state index contributed by atoms with van der Waals surface area (Å²) >= 11 is 0. The molecule has 0 radical (unpaired) electrons. The molecule has 0 N–H and O–H groups in total. The number of methoxy groups -OCH3 is 1. The largest absolute Gasteiger partial charge is 0.467 e. The Morgan fingerprint density at radius 3 is 2.59 bits per heavy atom. The minimum atomic E-state index is -0.968. The molecule has 0 bridgehead atoms. The summed E-state index contributed by atoms with van der Waals surface area (Å²) in [5.41, 5.74) is -0.0316. The molecule has 1 aliphatic heterocycles. The zero-order valence-corrected chi connectivity index (χ0v) is 10.8. The highest BCUT2D eigenvalue weighted by molar-refractivity contribution is 5.83. The van der Waals surface area contributed by atoms with E-state index in [0.717, 1.165) is 4.90 Å². The Hall–Kier alpha value is -1.52. The Balaban J connectivity index is 2.91. The van der Waals surface area contributed by atoms with Gasteiger partial charge in [-0.25, -0.2) is 9.59 Å². The molecule has 0 spiro atoms. The second-order valence-electron chi connectivity index (χ2n) is 4.90. The molecule has 1 amide bonds. The Morgan fingerprint density at radius 1 is 1.53 bits per heavy atom. The molecule has 96 valence electrons. The van der Waals surface area contributed by atoms with Crippen molar-refractivity contribution in [2.75, 3.05) is 7.11 Å². The number of hydrogen-bond donors (Lipinski definition) is 0. The summed E-state index contributed by atoms with van der Waals surface area (Å²) in [5, 5.41) is 0. The molecule has 0 saturated heterocycles. The van der Waals surface area contributed by atoms with Gasteiger partial charge in [0.1, 0.15) is 11.6 Å². The summed E-state index contributed by atoms with van der Waals surface area (Å²) in [5.74, 6) is -0.617. The second-order valence-corrected chi connectivity index (χ2v) is 4.90. The summed E-state index contributed by atoms with van der Waals surface area (Å²) in [6.45, 7) is 6.91. The van der Waals surface area contributed by atoms with Gasteiger partial charge < -0.3 is 9.47 Å². The number of amides is 1. The van der Waals surface area contributed by atoms with Gasteiger partial charge >= 0.3 is 12.1 Å². The molecule has 5 nitrogen and oxygen atoms in total. The Kier molecular flexibility index (Phi) is 3.36. The van der Waals surface area contributed by atoms with Crippen LogP contribution >= 0.6 is 0 Å². The minimum absolute atomic E-state index is 0.617. The molecule has 1 heterocycles. The molecule has 0 saturated carbocycles. The average molecular weight is 242 g/mol. The van der Waals surface area contributed by atoms with Crippen LogP contribution in [0.2, 0.25) is 0 Å². The van der Waals surface area contributed by atoms with E-state index in [0.29, 0.717) is 5.57 Å². The molecule has 0 aliphatic carbocycles. The third-order valence-corrected chi connectivity index (χ3v) is 2.11. The topological polar surface area (TPSA) is 55.8 Å². The van der Waals surface area contributed by atoms with Crippen molar-refractivity contribution in [2.24, 2.45) is 0 Å². The number of nitrogens with zero attached hydrogens (tertiary/aromatic N) is 1. The van der Waals surface area contributed by atoms with E-state index in [2.05, 4.69) is 4.74 Å². The second kappa shape index (κ2) is 4.77. The summed E-state index contributed by atoms with van der Waals surface area (Å²) in [6, 6.07) is -0.968. The highest BCUT2D eigenvalue weighted by Gasteiger charge is 2.36. The standard InChI is InChI=1S/C12H19NO4/c1-8-6-9(10(14)16-5)13(7-8)11(15)17-12(2,3)4/h7,9H,6H2,1-5H3/t9-/m0/s1/i6D/t6-,9-. The predicted octanol–water partition coefficient (Wildman–Crippen LogP) is 2.07. The normalized spacial score (nSPS) is 25.1. The van der Waals surface area contributed by atoms with Crippen LogP contribution in [0.5, 0.6) is 0 Å². The van der Waals surface area contributed by atoms with E-state index >= 15 is 0 Å². The molecule has 0 aromatic rings. The minimum Gasteiger partial charge on any atom is -0.467 e. The van der Waals surface area contributed by atoms with Gasteiger partial charge in [0, 0.05) is 14.0 Å². The summed E-state index contributed by atoms with van der Waals surface area (Å²) in [7, 11) is 1.23. The van der Waals surface area contributed by atoms with Crippen molar-refractivity contribution in [1.82, 2.24) is 4.90 Å². The van der Waals surface area contributed by atoms with E-state index in [1.165, 1.54) is 13.3 Å². The smallest absolute Gasteiger partial charge is 0.415 e. The van der Waals surface area contributed by atoms with E-state index in [-0.39, 0.29) is 0 Å². The highest BCUT2D eigenvalue weighted by atomic mass is 16.6. The van der Waals surface area contributed by atoms with E-state index in [1.54, 1.807) is 27.7 Å². The van der Waals surface area contributed by atoms with E-state index < -0.39 is 30.1 Å². The van der Waals surface area contributed by atoms with Gasteiger partial charge in [0.05, 0.1) is 7.11 Å². The lowest BCUT2D eigenvalue weighted by Crippen LogP contribution is -2.42. The lowest BCUT2D eigenvalue weighted by atomic mass is 10.1. The van der Waals surface area contributed by atoms with E-state index in [9.17, 15) is 9.59 Å². The van der Waals surface area contributed by atoms with Gasteiger partial charge in [-0.15, -0.1) is 0 Å². The Labute approximate surface area is 103 Å². The molecule has 2 atom stereocenters. The lowest BCUT2D eigenvalue weighted by Gasteiger charge is -2.26. The average Bonchev–Trinajstić information content (AvgIpc) is 2.52. The fraction of sp³-hybridized carbons (Fsp3) is 0.667. The maximum Gasteiger partial charge on any atom is 0.415 e. The molecule has 0 fully saturated rings. The van der Waals surface area contributed by atoms with E-state index in [1.807, 2.05) is 0 Å². The molecular weight excluding hydrogens is 222 g/mol. The summed E-state index contributed by atoms with van der Waals surface area (Å²) in [6.07, 6.45) is 0.00446. The quantitative estimate of drug-likeness (QED) is 0.660. The number of rotatable bonds is 1. The third-order valence-electron chi connectivity index (χ3n) is 2.11. The van der Waals surface area contributed by atoms with Gasteiger partial charge in [0.25, 0.3) is 0 Å². The van der Waals surface area contributed by atoms with Crippen molar-refractivity contribution in [3.05, 3.63) is 11.8 Å². The molecule has 17 heavy (non-hydrogen) atoms. The van der Waals surface area contributed by atoms with Gasteiger partial charge in [0.2, 0.25) is 0 Å². The van der Waals surface area contributed by atoms with Crippen LogP contribution < -0.4 is 0 Å². The number of ether oxygens (including phenoxy) is 2. The first-order valence-corrected chi connectivity index (χ1v) is 5.37.